The predicted molar refractivity (Wildman–Crippen MR) is 67.6 cm³/mol. The molecule has 4 heteroatoms. The summed E-state index contributed by atoms with van der Waals surface area (Å²) in [6, 6.07) is 6.25. The molecule has 0 amide bonds. The van der Waals surface area contributed by atoms with Crippen LogP contribution in [0.3, 0.4) is 0 Å². The smallest absolute Gasteiger partial charge is 0.327 e. The van der Waals surface area contributed by atoms with E-state index in [9.17, 15) is 5.02 Å². The summed E-state index contributed by atoms with van der Waals surface area (Å²) in [6.07, 6.45) is 2.71. The van der Waals surface area contributed by atoms with E-state index >= 15 is 0 Å². The van der Waals surface area contributed by atoms with Crippen LogP contribution >= 0.6 is 0 Å². The molecule has 0 aliphatic heterocycles. The molecule has 0 saturated carbocycles. The third-order valence-electron chi connectivity index (χ3n) is 2.90. The molecule has 1 radical (unpaired) electrons. The Bertz CT molecular complexity index is 429. The predicted octanol–water partition coefficient (Wildman–Crippen LogP) is 1.49. The molecule has 0 bridgehead atoms. The summed E-state index contributed by atoms with van der Waals surface area (Å²) >= 11 is 0. The van der Waals surface area contributed by atoms with Crippen molar-refractivity contribution < 1.29 is 14.5 Å². The highest BCUT2D eigenvalue weighted by Gasteiger charge is 2.20. The quantitative estimate of drug-likeness (QED) is 0.630. The Balaban J connectivity index is 2.26. The van der Waals surface area contributed by atoms with Gasteiger partial charge in [0.25, 0.3) is 0 Å². The minimum Gasteiger partial charge on any atom is -0.450 e. The lowest BCUT2D eigenvalue weighted by atomic mass is 9.75. The van der Waals surface area contributed by atoms with Crippen LogP contribution in [0.4, 0.5) is 0 Å². The van der Waals surface area contributed by atoms with Crippen molar-refractivity contribution in [3.05, 3.63) is 41.0 Å². The van der Waals surface area contributed by atoms with Crippen molar-refractivity contribution in [2.24, 2.45) is 0 Å². The van der Waals surface area contributed by atoms with Gasteiger partial charge in [-0.1, -0.05) is 29.8 Å². The molecule has 89 valence electrons. The third kappa shape index (κ3) is 2.78. The van der Waals surface area contributed by atoms with Crippen molar-refractivity contribution >= 4 is 13.0 Å². The van der Waals surface area contributed by atoms with Gasteiger partial charge in [0.2, 0.25) is 0 Å². The first kappa shape index (κ1) is 12.4. The molecule has 1 aliphatic rings. The van der Waals surface area contributed by atoms with Crippen LogP contribution in [0.5, 0.6) is 0 Å². The largest absolute Gasteiger partial charge is 0.450 e. The summed E-state index contributed by atoms with van der Waals surface area (Å²) < 4.78 is 10.4. The summed E-state index contributed by atoms with van der Waals surface area (Å²) in [4.78, 5) is 0. The maximum Gasteiger partial charge on any atom is 0.327 e. The van der Waals surface area contributed by atoms with E-state index in [4.69, 9.17) is 9.47 Å². The fourth-order valence-corrected chi connectivity index (χ4v) is 2.08. The standard InChI is InChI=1S/C13H16BO3/c1-9-3-4-10-6-11(17-8-16-2)7-13(14-15)12(10)5-9/h3-5,7,11,15H,6,8H2,1-2H3. The van der Waals surface area contributed by atoms with Crippen LogP contribution in [-0.4, -0.2) is 32.5 Å². The van der Waals surface area contributed by atoms with Crippen LogP contribution in [0.25, 0.3) is 5.47 Å². The highest BCUT2D eigenvalue weighted by Crippen LogP contribution is 2.27. The van der Waals surface area contributed by atoms with Crippen molar-refractivity contribution in [2.75, 3.05) is 13.9 Å². The maximum absolute atomic E-state index is 9.29. The van der Waals surface area contributed by atoms with Gasteiger partial charge in [-0.2, -0.15) is 0 Å². The fraction of sp³-hybridized carbons (Fsp3) is 0.385. The van der Waals surface area contributed by atoms with Gasteiger partial charge in [0.05, 0.1) is 6.10 Å². The van der Waals surface area contributed by atoms with E-state index in [0.717, 1.165) is 24.9 Å². The van der Waals surface area contributed by atoms with Gasteiger partial charge in [-0.3, -0.25) is 0 Å². The summed E-state index contributed by atoms with van der Waals surface area (Å²) in [5, 5.41) is 9.29. The van der Waals surface area contributed by atoms with Gasteiger partial charge < -0.3 is 14.5 Å². The Morgan fingerprint density at radius 2 is 2.29 bits per heavy atom. The molecule has 0 fully saturated rings. The number of hydrogen-bond donors (Lipinski definition) is 1. The van der Waals surface area contributed by atoms with Crippen LogP contribution < -0.4 is 0 Å². The van der Waals surface area contributed by atoms with Gasteiger partial charge in [0, 0.05) is 13.5 Å². The van der Waals surface area contributed by atoms with Crippen molar-refractivity contribution in [1.29, 1.82) is 0 Å². The van der Waals surface area contributed by atoms with Gasteiger partial charge in [-0.15, -0.1) is 0 Å². The lowest BCUT2D eigenvalue weighted by molar-refractivity contribution is -0.0551. The van der Waals surface area contributed by atoms with E-state index in [1.54, 1.807) is 7.11 Å². The Morgan fingerprint density at radius 3 is 3.00 bits per heavy atom. The molecule has 1 atom stereocenters. The zero-order valence-electron chi connectivity index (χ0n) is 10.1. The molecule has 1 unspecified atom stereocenters. The lowest BCUT2D eigenvalue weighted by Gasteiger charge is -2.23. The van der Waals surface area contributed by atoms with Crippen LogP contribution in [0.1, 0.15) is 16.7 Å². The number of benzene rings is 1. The second kappa shape index (κ2) is 5.49. The van der Waals surface area contributed by atoms with Gasteiger partial charge in [0.15, 0.2) is 0 Å². The Morgan fingerprint density at radius 1 is 1.47 bits per heavy atom. The highest BCUT2D eigenvalue weighted by molar-refractivity contribution is 6.54. The molecule has 0 heterocycles. The summed E-state index contributed by atoms with van der Waals surface area (Å²) in [5.74, 6) is 0. The maximum atomic E-state index is 9.29. The Hall–Kier alpha value is -1.10. The van der Waals surface area contributed by atoms with Crippen LogP contribution in [0.15, 0.2) is 24.3 Å². The first-order valence-corrected chi connectivity index (χ1v) is 5.64. The summed E-state index contributed by atoms with van der Waals surface area (Å²) in [7, 11) is 2.74. The second-order valence-electron chi connectivity index (χ2n) is 4.23. The molecule has 0 spiro atoms. The highest BCUT2D eigenvalue weighted by atomic mass is 16.7. The topological polar surface area (TPSA) is 38.7 Å². The average molecular weight is 231 g/mol. The number of rotatable bonds is 4. The van der Waals surface area contributed by atoms with E-state index in [1.165, 1.54) is 11.1 Å². The first-order chi connectivity index (χ1) is 8.24. The van der Waals surface area contributed by atoms with Crippen LogP contribution in [0, 0.1) is 6.92 Å². The second-order valence-corrected chi connectivity index (χ2v) is 4.23. The molecule has 0 aromatic heterocycles. The third-order valence-corrected chi connectivity index (χ3v) is 2.90. The average Bonchev–Trinajstić information content (AvgIpc) is 2.35. The van der Waals surface area contributed by atoms with Crippen molar-refractivity contribution in [3.8, 4) is 0 Å². The van der Waals surface area contributed by atoms with Gasteiger partial charge >= 0.3 is 7.48 Å². The van der Waals surface area contributed by atoms with E-state index in [-0.39, 0.29) is 12.9 Å². The molecule has 3 nitrogen and oxygen atoms in total. The number of ether oxygens (including phenoxy) is 2. The normalized spacial score (nSPS) is 18.5. The monoisotopic (exact) mass is 231 g/mol. The molecular weight excluding hydrogens is 215 g/mol. The molecule has 1 aromatic carbocycles. The Kier molecular flexibility index (Phi) is 4.00. The molecule has 17 heavy (non-hydrogen) atoms. The van der Waals surface area contributed by atoms with E-state index < -0.39 is 0 Å². The van der Waals surface area contributed by atoms with Gasteiger partial charge in [-0.25, -0.2) is 0 Å². The SMILES string of the molecule is COCOC1C=C([B]O)c2cc(C)ccc2C1. The molecular formula is C13H16BO3. The van der Waals surface area contributed by atoms with E-state index in [1.807, 2.05) is 13.0 Å². The minimum atomic E-state index is -0.0384. The number of aryl methyl sites for hydroxylation is 1. The van der Waals surface area contributed by atoms with Crippen LogP contribution in [0.2, 0.25) is 0 Å². The first-order valence-electron chi connectivity index (χ1n) is 5.64. The van der Waals surface area contributed by atoms with Crippen LogP contribution in [-0.2, 0) is 15.9 Å². The minimum absolute atomic E-state index is 0.0384. The zero-order valence-corrected chi connectivity index (χ0v) is 10.1. The Labute approximate surface area is 102 Å². The number of hydrogen-bond acceptors (Lipinski definition) is 3. The molecule has 1 N–H and O–H groups in total. The van der Waals surface area contributed by atoms with Crippen molar-refractivity contribution in [3.63, 3.8) is 0 Å². The summed E-state index contributed by atoms with van der Waals surface area (Å²) in [5.41, 5.74) is 4.29. The van der Waals surface area contributed by atoms with Gasteiger partial charge in [0.1, 0.15) is 6.79 Å². The summed E-state index contributed by atoms with van der Waals surface area (Å²) in [6.45, 7) is 2.31. The molecule has 2 rings (SSSR count). The van der Waals surface area contributed by atoms with Crippen molar-refractivity contribution in [2.45, 2.75) is 19.4 Å². The molecule has 1 aliphatic carbocycles. The van der Waals surface area contributed by atoms with Gasteiger partial charge in [-0.05, 0) is 23.5 Å². The number of fused-ring (bicyclic) bond motifs is 1. The van der Waals surface area contributed by atoms with Crippen molar-refractivity contribution in [1.82, 2.24) is 0 Å². The fourth-order valence-electron chi connectivity index (χ4n) is 2.08. The van der Waals surface area contributed by atoms with E-state index in [2.05, 4.69) is 18.2 Å². The lowest BCUT2D eigenvalue weighted by Crippen LogP contribution is -2.21. The molecule has 1 aromatic rings. The zero-order chi connectivity index (χ0) is 12.3. The van der Waals surface area contributed by atoms with E-state index in [0.29, 0.717) is 0 Å². The number of methoxy groups -OCH3 is 1. The molecule has 0 saturated heterocycles.